The number of ether oxygens (including phenoxy) is 1. The highest BCUT2D eigenvalue weighted by atomic mass is 16.5. The van der Waals surface area contributed by atoms with Crippen molar-refractivity contribution in [3.8, 4) is 5.75 Å². The van der Waals surface area contributed by atoms with Crippen LogP contribution in [-0.4, -0.2) is 18.2 Å². The van der Waals surface area contributed by atoms with Gasteiger partial charge in [-0.25, -0.2) is 4.79 Å². The van der Waals surface area contributed by atoms with Gasteiger partial charge >= 0.3 is 5.97 Å². The summed E-state index contributed by atoms with van der Waals surface area (Å²) in [6.45, 7) is 1.72. The van der Waals surface area contributed by atoms with Gasteiger partial charge in [0.2, 0.25) is 0 Å². The van der Waals surface area contributed by atoms with Gasteiger partial charge in [0.15, 0.2) is 0 Å². The summed E-state index contributed by atoms with van der Waals surface area (Å²) >= 11 is 0. The normalized spacial score (nSPS) is 8.77. The molecule has 1 rings (SSSR count). The fourth-order valence-electron chi connectivity index (χ4n) is 0.900. The number of esters is 1. The highest BCUT2D eigenvalue weighted by Crippen LogP contribution is 2.17. The Morgan fingerprint density at radius 3 is 2.54 bits per heavy atom. The molecule has 1 N–H and O–H groups in total. The number of carbonyl (C=O) groups is 1. The quantitative estimate of drug-likeness (QED) is 0.677. The summed E-state index contributed by atoms with van der Waals surface area (Å²) in [5, 5.41) is 9.15. The molecular weight excluding hydrogens is 168 g/mol. The van der Waals surface area contributed by atoms with Crippen molar-refractivity contribution in [2.45, 2.75) is 14.4 Å². The molecule has 0 aliphatic carbocycles. The highest BCUT2D eigenvalue weighted by molar-refractivity contribution is 5.89. The molecule has 0 amide bonds. The van der Waals surface area contributed by atoms with Crippen LogP contribution in [0.5, 0.6) is 5.75 Å². The third-order valence-corrected chi connectivity index (χ3v) is 1.62. The molecule has 1 aromatic carbocycles. The standard InChI is InChI=1S/C9H10O3.CH4/c1-6-5-7(9(11)12-2)3-4-8(6)10;/h3-5,10H,1-2H3;1H4. The van der Waals surface area contributed by atoms with E-state index in [1.807, 2.05) is 0 Å². The van der Waals surface area contributed by atoms with E-state index in [1.165, 1.54) is 19.2 Å². The van der Waals surface area contributed by atoms with Crippen LogP contribution in [0.1, 0.15) is 23.3 Å². The molecule has 72 valence electrons. The van der Waals surface area contributed by atoms with E-state index < -0.39 is 5.97 Å². The van der Waals surface area contributed by atoms with Crippen molar-refractivity contribution < 1.29 is 14.6 Å². The van der Waals surface area contributed by atoms with Gasteiger partial charge in [-0.05, 0) is 30.7 Å². The summed E-state index contributed by atoms with van der Waals surface area (Å²) < 4.78 is 4.51. The Morgan fingerprint density at radius 1 is 1.46 bits per heavy atom. The first-order valence-corrected chi connectivity index (χ1v) is 3.53. The molecule has 0 spiro atoms. The van der Waals surface area contributed by atoms with E-state index in [4.69, 9.17) is 5.11 Å². The van der Waals surface area contributed by atoms with Crippen LogP contribution in [0, 0.1) is 6.92 Å². The van der Waals surface area contributed by atoms with Gasteiger partial charge in [0.1, 0.15) is 5.75 Å². The summed E-state index contributed by atoms with van der Waals surface area (Å²) in [6, 6.07) is 4.58. The fourth-order valence-corrected chi connectivity index (χ4v) is 0.900. The second-order valence-corrected chi connectivity index (χ2v) is 2.49. The largest absolute Gasteiger partial charge is 0.508 e. The minimum absolute atomic E-state index is 0. The molecule has 0 bridgehead atoms. The average Bonchev–Trinajstić information content (AvgIpc) is 2.08. The maximum atomic E-state index is 11.0. The van der Waals surface area contributed by atoms with Crippen LogP contribution in [-0.2, 0) is 4.74 Å². The summed E-state index contributed by atoms with van der Waals surface area (Å²) in [7, 11) is 1.32. The molecular formula is C10H14O3. The maximum Gasteiger partial charge on any atom is 0.337 e. The van der Waals surface area contributed by atoms with Crippen molar-refractivity contribution in [3.63, 3.8) is 0 Å². The molecule has 0 atom stereocenters. The Balaban J connectivity index is 0.00000144. The summed E-state index contributed by atoms with van der Waals surface area (Å²) in [5.74, 6) is -0.208. The van der Waals surface area contributed by atoms with Crippen LogP contribution in [0.2, 0.25) is 0 Å². The van der Waals surface area contributed by atoms with Crippen LogP contribution in [0.15, 0.2) is 18.2 Å². The third kappa shape index (κ3) is 2.47. The maximum absolute atomic E-state index is 11.0. The van der Waals surface area contributed by atoms with E-state index >= 15 is 0 Å². The van der Waals surface area contributed by atoms with E-state index in [9.17, 15) is 4.79 Å². The summed E-state index contributed by atoms with van der Waals surface area (Å²) in [4.78, 5) is 11.0. The van der Waals surface area contributed by atoms with E-state index in [-0.39, 0.29) is 13.2 Å². The molecule has 0 unspecified atom stereocenters. The SMILES string of the molecule is C.COC(=O)c1ccc(O)c(C)c1. The zero-order chi connectivity index (χ0) is 9.14. The number of methoxy groups -OCH3 is 1. The second-order valence-electron chi connectivity index (χ2n) is 2.49. The number of hydrogen-bond acceptors (Lipinski definition) is 3. The second kappa shape index (κ2) is 4.50. The van der Waals surface area contributed by atoms with Gasteiger partial charge in [-0.3, -0.25) is 0 Å². The molecule has 0 aromatic heterocycles. The minimum atomic E-state index is -0.391. The molecule has 0 fully saturated rings. The first-order valence-electron chi connectivity index (χ1n) is 3.53. The first kappa shape index (κ1) is 11.5. The van der Waals surface area contributed by atoms with E-state index in [2.05, 4.69) is 4.74 Å². The topological polar surface area (TPSA) is 46.5 Å². The number of phenolic OH excluding ortho intramolecular Hbond substituents is 1. The number of benzene rings is 1. The van der Waals surface area contributed by atoms with Crippen molar-refractivity contribution >= 4 is 5.97 Å². The van der Waals surface area contributed by atoms with Crippen LogP contribution < -0.4 is 0 Å². The smallest absolute Gasteiger partial charge is 0.337 e. The van der Waals surface area contributed by atoms with Crippen molar-refractivity contribution in [1.29, 1.82) is 0 Å². The first-order chi connectivity index (χ1) is 5.65. The molecule has 0 radical (unpaired) electrons. The van der Waals surface area contributed by atoms with Gasteiger partial charge in [-0.1, -0.05) is 7.43 Å². The van der Waals surface area contributed by atoms with Crippen molar-refractivity contribution in [1.82, 2.24) is 0 Å². The molecule has 3 heteroatoms. The number of phenols is 1. The Bertz CT molecular complexity index is 305. The van der Waals surface area contributed by atoms with Crippen molar-refractivity contribution in [3.05, 3.63) is 29.3 Å². The Hall–Kier alpha value is -1.51. The Labute approximate surface area is 78.0 Å². The van der Waals surface area contributed by atoms with Gasteiger partial charge < -0.3 is 9.84 Å². The molecule has 0 aliphatic rings. The number of rotatable bonds is 1. The van der Waals surface area contributed by atoms with E-state index in [0.717, 1.165) is 0 Å². The molecule has 13 heavy (non-hydrogen) atoms. The Kier molecular flexibility index (Phi) is 3.98. The number of aryl methyl sites for hydroxylation is 1. The number of aromatic hydroxyl groups is 1. The molecule has 0 saturated carbocycles. The lowest BCUT2D eigenvalue weighted by Gasteiger charge is -2.01. The monoisotopic (exact) mass is 182 g/mol. The predicted molar refractivity (Wildman–Crippen MR) is 50.9 cm³/mol. The summed E-state index contributed by atoms with van der Waals surface area (Å²) in [5.41, 5.74) is 1.12. The predicted octanol–water partition coefficient (Wildman–Crippen LogP) is 2.12. The zero-order valence-corrected chi connectivity index (χ0v) is 7.00. The molecule has 1 aromatic rings. The van der Waals surface area contributed by atoms with Crippen molar-refractivity contribution in [2.75, 3.05) is 7.11 Å². The van der Waals surface area contributed by atoms with Crippen LogP contribution in [0.25, 0.3) is 0 Å². The van der Waals surface area contributed by atoms with E-state index in [0.29, 0.717) is 11.1 Å². The molecule has 0 saturated heterocycles. The van der Waals surface area contributed by atoms with Crippen LogP contribution in [0.4, 0.5) is 0 Å². The van der Waals surface area contributed by atoms with Crippen molar-refractivity contribution in [2.24, 2.45) is 0 Å². The fraction of sp³-hybridized carbons (Fsp3) is 0.300. The van der Waals surface area contributed by atoms with Crippen LogP contribution in [0.3, 0.4) is 0 Å². The van der Waals surface area contributed by atoms with Gasteiger partial charge in [-0.15, -0.1) is 0 Å². The molecule has 0 aliphatic heterocycles. The minimum Gasteiger partial charge on any atom is -0.508 e. The highest BCUT2D eigenvalue weighted by Gasteiger charge is 2.05. The lowest BCUT2D eigenvalue weighted by molar-refractivity contribution is 0.0600. The summed E-state index contributed by atoms with van der Waals surface area (Å²) in [6.07, 6.45) is 0. The molecule has 3 nitrogen and oxygen atoms in total. The average molecular weight is 182 g/mol. The number of carbonyl (C=O) groups excluding carboxylic acids is 1. The third-order valence-electron chi connectivity index (χ3n) is 1.62. The van der Waals surface area contributed by atoms with Gasteiger partial charge in [-0.2, -0.15) is 0 Å². The lowest BCUT2D eigenvalue weighted by Crippen LogP contribution is -2.00. The van der Waals surface area contributed by atoms with Crippen LogP contribution >= 0.6 is 0 Å². The Morgan fingerprint density at radius 2 is 2.08 bits per heavy atom. The zero-order valence-electron chi connectivity index (χ0n) is 7.00. The molecule has 0 heterocycles. The number of hydrogen-bond donors (Lipinski definition) is 1. The van der Waals surface area contributed by atoms with E-state index in [1.54, 1.807) is 13.0 Å². The lowest BCUT2D eigenvalue weighted by atomic mass is 10.1. The van der Waals surface area contributed by atoms with Gasteiger partial charge in [0, 0.05) is 0 Å². The van der Waals surface area contributed by atoms with Gasteiger partial charge in [0.05, 0.1) is 12.7 Å². The van der Waals surface area contributed by atoms with Gasteiger partial charge in [0.25, 0.3) is 0 Å².